The second-order valence-electron chi connectivity index (χ2n) is 7.33. The highest BCUT2D eigenvalue weighted by Gasteiger charge is 2.23. The number of aromatic nitrogens is 4. The Hall–Kier alpha value is -3.18. The smallest absolute Gasteiger partial charge is 0.265 e. The van der Waals surface area contributed by atoms with E-state index in [2.05, 4.69) is 30.2 Å². The molecule has 0 unspecified atom stereocenters. The predicted molar refractivity (Wildman–Crippen MR) is 118 cm³/mol. The number of hydrogen-bond donors (Lipinski definition) is 2. The van der Waals surface area contributed by atoms with E-state index in [1.807, 2.05) is 6.07 Å². The molecule has 3 heterocycles. The molecular formula is C20H25N7O3S. The Morgan fingerprint density at radius 3 is 2.39 bits per heavy atom. The molecule has 0 atom stereocenters. The number of anilines is 4. The fourth-order valence-corrected chi connectivity index (χ4v) is 5.03. The Balaban J connectivity index is 1.46. The van der Waals surface area contributed by atoms with Crippen LogP contribution in [0.1, 0.15) is 11.4 Å². The number of nitrogens with one attached hydrogen (secondary N) is 2. The van der Waals surface area contributed by atoms with E-state index in [0.717, 1.165) is 24.5 Å². The third kappa shape index (κ3) is 4.62. The normalized spacial score (nSPS) is 14.5. The van der Waals surface area contributed by atoms with Crippen LogP contribution in [-0.4, -0.2) is 54.7 Å². The molecule has 4 rings (SSSR count). The molecule has 11 heteroatoms. The van der Waals surface area contributed by atoms with E-state index in [1.165, 1.54) is 0 Å². The van der Waals surface area contributed by atoms with Crippen molar-refractivity contribution in [2.75, 3.05) is 41.2 Å². The first-order valence-corrected chi connectivity index (χ1v) is 11.4. The highest BCUT2D eigenvalue weighted by molar-refractivity contribution is 7.92. The number of benzene rings is 1. The van der Waals surface area contributed by atoms with Crippen molar-refractivity contribution in [2.24, 2.45) is 7.05 Å². The average molecular weight is 444 g/mol. The molecule has 1 fully saturated rings. The van der Waals surface area contributed by atoms with Crippen LogP contribution in [-0.2, 0) is 21.8 Å². The standard InChI is InChI=1S/C20H25N7O3S/c1-14-20(15(2)26(3)24-14)31(28,29)25-17-6-4-16(5-7-17)22-19-12-18(13-21-23-19)27-8-10-30-11-9-27/h4-7,12-13,25H,8-11H2,1-3H3,(H,22,23). The molecule has 0 spiro atoms. The zero-order valence-corrected chi connectivity index (χ0v) is 18.5. The van der Waals surface area contributed by atoms with E-state index in [4.69, 9.17) is 4.74 Å². The average Bonchev–Trinajstić information content (AvgIpc) is 3.02. The maximum Gasteiger partial charge on any atom is 0.265 e. The summed E-state index contributed by atoms with van der Waals surface area (Å²) in [5, 5.41) is 15.6. The van der Waals surface area contributed by atoms with Gasteiger partial charge in [0.15, 0.2) is 5.82 Å². The molecule has 2 aromatic heterocycles. The van der Waals surface area contributed by atoms with Crippen LogP contribution < -0.4 is 14.9 Å². The van der Waals surface area contributed by atoms with Crippen LogP contribution in [0.3, 0.4) is 0 Å². The lowest BCUT2D eigenvalue weighted by Crippen LogP contribution is -2.36. The molecule has 1 aliphatic rings. The van der Waals surface area contributed by atoms with Gasteiger partial charge < -0.3 is 15.0 Å². The number of rotatable bonds is 6. The summed E-state index contributed by atoms with van der Waals surface area (Å²) >= 11 is 0. The van der Waals surface area contributed by atoms with Crippen LogP contribution in [0.4, 0.5) is 22.9 Å². The molecule has 1 aromatic carbocycles. The van der Waals surface area contributed by atoms with Gasteiger partial charge in [-0.3, -0.25) is 9.40 Å². The van der Waals surface area contributed by atoms with E-state index < -0.39 is 10.0 Å². The molecule has 0 aliphatic carbocycles. The summed E-state index contributed by atoms with van der Waals surface area (Å²) in [6.07, 6.45) is 1.73. The van der Waals surface area contributed by atoms with Crippen LogP contribution in [0.25, 0.3) is 0 Å². The van der Waals surface area contributed by atoms with Crippen LogP contribution >= 0.6 is 0 Å². The molecular weight excluding hydrogens is 418 g/mol. The van der Waals surface area contributed by atoms with Gasteiger partial charge in [0.05, 0.1) is 36.5 Å². The highest BCUT2D eigenvalue weighted by Crippen LogP contribution is 2.25. The van der Waals surface area contributed by atoms with Gasteiger partial charge >= 0.3 is 0 Å². The molecule has 10 nitrogen and oxygen atoms in total. The summed E-state index contributed by atoms with van der Waals surface area (Å²) in [5.74, 6) is 0.610. The van der Waals surface area contributed by atoms with Crippen molar-refractivity contribution in [3.05, 3.63) is 47.9 Å². The lowest BCUT2D eigenvalue weighted by atomic mass is 10.3. The number of morpholine rings is 1. The minimum Gasteiger partial charge on any atom is -0.378 e. The number of ether oxygens (including phenoxy) is 1. The predicted octanol–water partition coefficient (Wildman–Crippen LogP) is 2.21. The molecule has 2 N–H and O–H groups in total. The zero-order chi connectivity index (χ0) is 22.0. The Kier molecular flexibility index (Phi) is 5.79. The first kappa shape index (κ1) is 21.1. The minimum atomic E-state index is -3.74. The molecule has 0 bridgehead atoms. The summed E-state index contributed by atoms with van der Waals surface area (Å²) < 4.78 is 35.2. The fraction of sp³-hybridized carbons (Fsp3) is 0.350. The Morgan fingerprint density at radius 2 is 1.74 bits per heavy atom. The minimum absolute atomic E-state index is 0.201. The molecule has 0 saturated carbocycles. The van der Waals surface area contributed by atoms with Crippen molar-refractivity contribution >= 4 is 32.9 Å². The van der Waals surface area contributed by atoms with E-state index >= 15 is 0 Å². The summed E-state index contributed by atoms with van der Waals surface area (Å²) in [6.45, 7) is 6.43. The summed E-state index contributed by atoms with van der Waals surface area (Å²) in [4.78, 5) is 2.40. The van der Waals surface area contributed by atoms with Gasteiger partial charge in [0.1, 0.15) is 4.90 Å². The Morgan fingerprint density at radius 1 is 1.06 bits per heavy atom. The second kappa shape index (κ2) is 8.52. The van der Waals surface area contributed by atoms with Gasteiger partial charge in [0.2, 0.25) is 0 Å². The van der Waals surface area contributed by atoms with Crippen molar-refractivity contribution in [3.63, 3.8) is 0 Å². The first-order valence-electron chi connectivity index (χ1n) is 9.89. The fourth-order valence-electron chi connectivity index (χ4n) is 3.53. The van der Waals surface area contributed by atoms with Crippen LogP contribution in [0.5, 0.6) is 0 Å². The molecule has 1 saturated heterocycles. The maximum absolute atomic E-state index is 12.8. The van der Waals surface area contributed by atoms with E-state index in [-0.39, 0.29) is 4.90 Å². The molecule has 3 aromatic rings. The second-order valence-corrected chi connectivity index (χ2v) is 8.95. The quantitative estimate of drug-likeness (QED) is 0.596. The van der Waals surface area contributed by atoms with Crippen molar-refractivity contribution in [3.8, 4) is 0 Å². The number of sulfonamides is 1. The number of nitrogens with zero attached hydrogens (tertiary/aromatic N) is 5. The summed E-state index contributed by atoms with van der Waals surface area (Å²) in [6, 6.07) is 8.89. The molecule has 0 amide bonds. The van der Waals surface area contributed by atoms with Crippen molar-refractivity contribution < 1.29 is 13.2 Å². The third-order valence-electron chi connectivity index (χ3n) is 5.14. The molecule has 0 radical (unpaired) electrons. The Labute approximate surface area is 181 Å². The third-order valence-corrected chi connectivity index (χ3v) is 6.77. The van der Waals surface area contributed by atoms with Gasteiger partial charge in [0, 0.05) is 37.6 Å². The van der Waals surface area contributed by atoms with Gasteiger partial charge in [0.25, 0.3) is 10.0 Å². The van der Waals surface area contributed by atoms with Gasteiger partial charge in [-0.1, -0.05) is 0 Å². The van der Waals surface area contributed by atoms with Gasteiger partial charge in [-0.2, -0.15) is 10.2 Å². The molecule has 1 aliphatic heterocycles. The van der Waals surface area contributed by atoms with Crippen molar-refractivity contribution in [2.45, 2.75) is 18.7 Å². The topological polar surface area (TPSA) is 114 Å². The zero-order valence-electron chi connectivity index (χ0n) is 17.7. The highest BCUT2D eigenvalue weighted by atomic mass is 32.2. The summed E-state index contributed by atoms with van der Waals surface area (Å²) in [7, 11) is -2.01. The molecule has 164 valence electrons. The first-order chi connectivity index (χ1) is 14.8. The van der Waals surface area contributed by atoms with E-state index in [1.54, 1.807) is 56.0 Å². The van der Waals surface area contributed by atoms with Crippen LogP contribution in [0, 0.1) is 13.8 Å². The lowest BCUT2D eigenvalue weighted by Gasteiger charge is -2.28. The summed E-state index contributed by atoms with van der Waals surface area (Å²) in [5.41, 5.74) is 3.25. The monoisotopic (exact) mass is 443 g/mol. The van der Waals surface area contributed by atoms with Gasteiger partial charge in [-0.15, -0.1) is 5.10 Å². The van der Waals surface area contributed by atoms with Crippen LogP contribution in [0.2, 0.25) is 0 Å². The molecule has 31 heavy (non-hydrogen) atoms. The maximum atomic E-state index is 12.8. The number of aryl methyl sites for hydroxylation is 2. The van der Waals surface area contributed by atoms with E-state index in [9.17, 15) is 8.42 Å². The largest absolute Gasteiger partial charge is 0.378 e. The van der Waals surface area contributed by atoms with Crippen molar-refractivity contribution in [1.29, 1.82) is 0 Å². The number of hydrogen-bond acceptors (Lipinski definition) is 8. The van der Waals surface area contributed by atoms with E-state index in [0.29, 0.717) is 36.1 Å². The SMILES string of the molecule is Cc1nn(C)c(C)c1S(=O)(=O)Nc1ccc(Nc2cc(N3CCOCC3)cnn2)cc1. The van der Waals surface area contributed by atoms with Crippen molar-refractivity contribution in [1.82, 2.24) is 20.0 Å². The van der Waals surface area contributed by atoms with Crippen LogP contribution in [0.15, 0.2) is 41.4 Å². The lowest BCUT2D eigenvalue weighted by molar-refractivity contribution is 0.122. The Bertz CT molecular complexity index is 1170. The van der Waals surface area contributed by atoms with Gasteiger partial charge in [-0.05, 0) is 38.1 Å². The van der Waals surface area contributed by atoms with Gasteiger partial charge in [-0.25, -0.2) is 8.42 Å².